The number of nitrogens with two attached hydrogens (primary N) is 2. The smallest absolute Gasteiger partial charge is 0.420 e. The highest BCUT2D eigenvalue weighted by Gasteiger charge is 2.35. The van der Waals surface area contributed by atoms with Crippen molar-refractivity contribution in [2.45, 2.75) is 22.1 Å². The zero-order valence-corrected chi connectivity index (χ0v) is 19.5. The first kappa shape index (κ1) is 26.1. The van der Waals surface area contributed by atoms with Crippen molar-refractivity contribution in [3.05, 3.63) is 96.1 Å². The number of benzene rings is 4. The zero-order chi connectivity index (χ0) is 26.8. The highest BCUT2D eigenvalue weighted by molar-refractivity contribution is 7.99. The van der Waals surface area contributed by atoms with Crippen LogP contribution < -0.4 is 20.9 Å². The Morgan fingerprint density at radius 2 is 0.865 bits per heavy atom. The average molecular weight is 536 g/mol. The van der Waals surface area contributed by atoms with Gasteiger partial charge in [0.1, 0.15) is 34.1 Å². The highest BCUT2D eigenvalue weighted by atomic mass is 32.2. The third-order valence-corrected chi connectivity index (χ3v) is 5.97. The van der Waals surface area contributed by atoms with Crippen LogP contribution in [0, 0.1) is 0 Å². The second-order valence-electron chi connectivity index (χ2n) is 7.76. The molecule has 0 unspecified atom stereocenters. The molecule has 0 aliphatic rings. The number of hydrogen-bond donors (Lipinski definition) is 2. The number of alkyl halides is 6. The maximum absolute atomic E-state index is 13.3. The van der Waals surface area contributed by atoms with Gasteiger partial charge in [-0.05, 0) is 84.9 Å². The minimum atomic E-state index is -4.63. The van der Waals surface area contributed by atoms with Crippen molar-refractivity contribution in [3.8, 4) is 23.0 Å². The van der Waals surface area contributed by atoms with Gasteiger partial charge in [-0.15, -0.1) is 0 Å². The third kappa shape index (κ3) is 6.62. The van der Waals surface area contributed by atoms with Gasteiger partial charge in [-0.3, -0.25) is 0 Å². The van der Waals surface area contributed by atoms with Crippen molar-refractivity contribution in [3.63, 3.8) is 0 Å². The molecule has 37 heavy (non-hydrogen) atoms. The summed E-state index contributed by atoms with van der Waals surface area (Å²) in [4.78, 5) is 1.51. The van der Waals surface area contributed by atoms with Crippen molar-refractivity contribution >= 4 is 23.1 Å². The van der Waals surface area contributed by atoms with Crippen LogP contribution in [0.25, 0.3) is 0 Å². The maximum atomic E-state index is 13.3. The van der Waals surface area contributed by atoms with E-state index in [2.05, 4.69) is 0 Å². The molecule has 192 valence electrons. The van der Waals surface area contributed by atoms with Gasteiger partial charge in [0.25, 0.3) is 0 Å². The third-order valence-electron chi connectivity index (χ3n) is 4.96. The SMILES string of the molecule is Nc1ccc(Oc2ccc(Sc3ccc(Oc4ccc(N)cc4C(F)(F)F)cc3)cc2)c(C(F)(F)F)c1. The van der Waals surface area contributed by atoms with Crippen molar-refractivity contribution < 1.29 is 35.8 Å². The van der Waals surface area contributed by atoms with Gasteiger partial charge < -0.3 is 20.9 Å². The fourth-order valence-electron chi connectivity index (χ4n) is 3.26. The van der Waals surface area contributed by atoms with Crippen LogP contribution in [0.3, 0.4) is 0 Å². The predicted octanol–water partition coefficient (Wildman–Crippen LogP) is 8.62. The van der Waals surface area contributed by atoms with Crippen LogP contribution in [0.5, 0.6) is 23.0 Å². The Kier molecular flexibility index (Phi) is 7.17. The van der Waals surface area contributed by atoms with Gasteiger partial charge in [0.15, 0.2) is 0 Å². The van der Waals surface area contributed by atoms with Crippen LogP contribution in [-0.2, 0) is 12.4 Å². The van der Waals surface area contributed by atoms with E-state index in [1.54, 1.807) is 24.3 Å². The molecule has 4 nitrogen and oxygen atoms in total. The van der Waals surface area contributed by atoms with E-state index < -0.39 is 23.5 Å². The molecule has 4 aromatic carbocycles. The summed E-state index contributed by atoms with van der Waals surface area (Å²) in [5.41, 5.74) is 8.93. The van der Waals surface area contributed by atoms with E-state index in [-0.39, 0.29) is 34.4 Å². The first-order valence-electron chi connectivity index (χ1n) is 10.6. The molecule has 11 heteroatoms. The van der Waals surface area contributed by atoms with E-state index >= 15 is 0 Å². The lowest BCUT2D eigenvalue weighted by Crippen LogP contribution is -2.08. The Labute approximate surface area is 211 Å². The number of rotatable bonds is 6. The minimum Gasteiger partial charge on any atom is -0.457 e. The van der Waals surface area contributed by atoms with Crippen molar-refractivity contribution in [2.24, 2.45) is 0 Å². The summed E-state index contributed by atoms with van der Waals surface area (Å²) in [7, 11) is 0. The average Bonchev–Trinajstić information content (AvgIpc) is 2.82. The van der Waals surface area contributed by atoms with Crippen LogP contribution in [0.1, 0.15) is 11.1 Å². The molecule has 0 saturated carbocycles. The van der Waals surface area contributed by atoms with Crippen LogP contribution >= 0.6 is 11.8 Å². The summed E-state index contributed by atoms with van der Waals surface area (Å²) in [5, 5.41) is 0. The normalized spacial score (nSPS) is 11.8. The van der Waals surface area contributed by atoms with Gasteiger partial charge in [0, 0.05) is 21.2 Å². The Hall–Kier alpha value is -3.99. The molecule has 0 spiro atoms. The monoisotopic (exact) mass is 536 g/mol. The van der Waals surface area contributed by atoms with Crippen LogP contribution in [0.4, 0.5) is 37.7 Å². The molecule has 0 heterocycles. The molecule has 0 aliphatic heterocycles. The van der Waals surface area contributed by atoms with Crippen molar-refractivity contribution in [2.75, 3.05) is 11.5 Å². The Morgan fingerprint density at radius 1 is 0.514 bits per heavy atom. The summed E-state index contributed by atoms with van der Waals surface area (Å²) in [6.45, 7) is 0. The minimum absolute atomic E-state index is 0.0305. The quantitative estimate of drug-likeness (QED) is 0.191. The zero-order valence-electron chi connectivity index (χ0n) is 18.7. The summed E-state index contributed by atoms with van der Waals surface area (Å²) in [6.07, 6.45) is -9.25. The van der Waals surface area contributed by atoms with E-state index in [0.717, 1.165) is 34.1 Å². The number of nitrogen functional groups attached to an aromatic ring is 2. The topological polar surface area (TPSA) is 70.5 Å². The molecule has 0 atom stereocenters. The summed E-state index contributed by atoms with van der Waals surface area (Å²) in [5.74, 6) is -0.334. The number of hydrogen-bond acceptors (Lipinski definition) is 5. The molecule has 4 aromatic rings. The molecule has 0 saturated heterocycles. The van der Waals surface area contributed by atoms with E-state index in [1.807, 2.05) is 0 Å². The summed E-state index contributed by atoms with van der Waals surface area (Å²) in [6, 6.07) is 19.3. The second kappa shape index (κ2) is 10.2. The van der Waals surface area contributed by atoms with Gasteiger partial charge in [-0.25, -0.2) is 0 Å². The Bertz CT molecular complexity index is 1280. The molecule has 0 aliphatic carbocycles. The molecule has 0 aromatic heterocycles. The Balaban J connectivity index is 1.43. The van der Waals surface area contributed by atoms with Gasteiger partial charge >= 0.3 is 12.4 Å². The molecule has 0 amide bonds. The number of anilines is 2. The molecular formula is C26H18F6N2O2S. The first-order chi connectivity index (χ1) is 17.4. The van der Waals surface area contributed by atoms with Gasteiger partial charge in [0.2, 0.25) is 0 Å². The lowest BCUT2D eigenvalue weighted by atomic mass is 10.1. The van der Waals surface area contributed by atoms with Crippen LogP contribution in [0.15, 0.2) is 94.7 Å². The first-order valence-corrected chi connectivity index (χ1v) is 11.4. The number of halogens is 6. The van der Waals surface area contributed by atoms with Gasteiger partial charge in [-0.1, -0.05) is 11.8 Å². The second-order valence-corrected chi connectivity index (χ2v) is 8.90. The molecule has 4 N–H and O–H groups in total. The summed E-state index contributed by atoms with van der Waals surface area (Å²) >= 11 is 1.33. The summed E-state index contributed by atoms with van der Waals surface area (Å²) < 4.78 is 90.5. The van der Waals surface area contributed by atoms with Gasteiger partial charge in [0.05, 0.1) is 0 Å². The van der Waals surface area contributed by atoms with Gasteiger partial charge in [-0.2, -0.15) is 26.3 Å². The molecular weight excluding hydrogens is 518 g/mol. The molecule has 4 rings (SSSR count). The standard InChI is InChI=1S/C26H18F6N2O2S/c27-25(28,29)21-13-15(33)1-11-23(21)35-17-3-7-19(8-4-17)37-20-9-5-18(6-10-20)36-24-12-2-16(34)14-22(24)26(30,31)32/h1-14H,33-34H2. The molecule has 0 radical (unpaired) electrons. The largest absolute Gasteiger partial charge is 0.457 e. The lowest BCUT2D eigenvalue weighted by molar-refractivity contribution is -0.139. The lowest BCUT2D eigenvalue weighted by Gasteiger charge is -2.15. The fourth-order valence-corrected chi connectivity index (χ4v) is 4.07. The van der Waals surface area contributed by atoms with Crippen LogP contribution in [-0.4, -0.2) is 0 Å². The maximum Gasteiger partial charge on any atom is 0.420 e. The Morgan fingerprint density at radius 3 is 1.19 bits per heavy atom. The predicted molar refractivity (Wildman–Crippen MR) is 129 cm³/mol. The van der Waals surface area contributed by atoms with Crippen molar-refractivity contribution in [1.82, 2.24) is 0 Å². The highest BCUT2D eigenvalue weighted by Crippen LogP contribution is 2.41. The fraction of sp³-hybridized carbons (Fsp3) is 0.0769. The molecule has 0 bridgehead atoms. The van der Waals surface area contributed by atoms with Crippen molar-refractivity contribution in [1.29, 1.82) is 0 Å². The number of ether oxygens (including phenoxy) is 2. The van der Waals surface area contributed by atoms with E-state index in [4.69, 9.17) is 20.9 Å². The van der Waals surface area contributed by atoms with E-state index in [0.29, 0.717) is 0 Å². The van der Waals surface area contributed by atoms with E-state index in [9.17, 15) is 26.3 Å². The molecule has 0 fully saturated rings. The van der Waals surface area contributed by atoms with Crippen LogP contribution in [0.2, 0.25) is 0 Å². The van der Waals surface area contributed by atoms with E-state index in [1.165, 1.54) is 48.2 Å².